The molecule has 1 aromatic rings. The Hall–Kier alpha value is -2.06. The summed E-state index contributed by atoms with van der Waals surface area (Å²) < 4.78 is 2.25. The average Bonchev–Trinajstić information content (AvgIpc) is 3.16. The van der Waals surface area contributed by atoms with Crippen LogP contribution in [0.15, 0.2) is 11.6 Å². The van der Waals surface area contributed by atoms with Gasteiger partial charge in [-0.25, -0.2) is 0 Å². The number of amides is 1. The quantitative estimate of drug-likeness (QED) is 0.602. The second kappa shape index (κ2) is 9.05. The maximum atomic E-state index is 12.5. The SMILES string of the molecule is CCN1CCCC1CNC(=O)/C(C#N)=C/c1cc(C)n(CC(C)C)c1C. The van der Waals surface area contributed by atoms with Crippen molar-refractivity contribution in [2.24, 2.45) is 5.92 Å². The Morgan fingerprint density at radius 1 is 1.46 bits per heavy atom. The van der Waals surface area contributed by atoms with E-state index in [4.69, 9.17) is 0 Å². The number of carbonyl (C=O) groups excluding carboxylic acids is 1. The van der Waals surface area contributed by atoms with Crippen molar-refractivity contribution in [2.75, 3.05) is 19.6 Å². The molecule has 1 amide bonds. The molecule has 1 N–H and O–H groups in total. The van der Waals surface area contributed by atoms with Gasteiger partial charge in [0.15, 0.2) is 0 Å². The Kier molecular flexibility index (Phi) is 7.05. The van der Waals surface area contributed by atoms with Gasteiger partial charge < -0.3 is 9.88 Å². The van der Waals surface area contributed by atoms with E-state index in [2.05, 4.69) is 54.6 Å². The van der Waals surface area contributed by atoms with Crippen molar-refractivity contribution >= 4 is 12.0 Å². The lowest BCUT2D eigenvalue weighted by atomic mass is 10.1. The Morgan fingerprint density at radius 3 is 2.81 bits per heavy atom. The number of likely N-dealkylation sites (N-methyl/N-ethyl adjacent to an activating group) is 1. The lowest BCUT2D eigenvalue weighted by Crippen LogP contribution is -2.40. The number of nitrogens with zero attached hydrogens (tertiary/aromatic N) is 3. The molecule has 0 saturated carbocycles. The first-order valence-electron chi connectivity index (χ1n) is 9.68. The van der Waals surface area contributed by atoms with Crippen LogP contribution in [0.25, 0.3) is 6.08 Å². The van der Waals surface area contributed by atoms with Gasteiger partial charge in [0.25, 0.3) is 5.91 Å². The highest BCUT2D eigenvalue weighted by molar-refractivity contribution is 6.01. The molecule has 142 valence electrons. The van der Waals surface area contributed by atoms with E-state index in [0.717, 1.165) is 43.0 Å². The highest BCUT2D eigenvalue weighted by atomic mass is 16.1. The molecule has 1 unspecified atom stereocenters. The smallest absolute Gasteiger partial charge is 0.262 e. The number of nitrogens with one attached hydrogen (secondary N) is 1. The molecule has 0 bridgehead atoms. The summed E-state index contributed by atoms with van der Waals surface area (Å²) in [7, 11) is 0. The predicted octanol–water partition coefficient (Wildman–Crippen LogP) is 3.27. The molecule has 1 aliphatic rings. The molecule has 1 aliphatic heterocycles. The van der Waals surface area contributed by atoms with Crippen LogP contribution in [-0.4, -0.2) is 41.1 Å². The molecule has 2 rings (SSSR count). The lowest BCUT2D eigenvalue weighted by Gasteiger charge is -2.22. The molecule has 1 fully saturated rings. The number of aryl methyl sites for hydroxylation is 1. The largest absolute Gasteiger partial charge is 0.350 e. The molecule has 0 aliphatic carbocycles. The van der Waals surface area contributed by atoms with Crippen LogP contribution in [-0.2, 0) is 11.3 Å². The zero-order valence-corrected chi connectivity index (χ0v) is 16.8. The Bertz CT molecular complexity index is 708. The zero-order chi connectivity index (χ0) is 19.3. The summed E-state index contributed by atoms with van der Waals surface area (Å²) in [6, 6.07) is 4.52. The van der Waals surface area contributed by atoms with E-state index >= 15 is 0 Å². The molecular formula is C21H32N4O. The molecule has 1 saturated heterocycles. The lowest BCUT2D eigenvalue weighted by molar-refractivity contribution is -0.117. The van der Waals surface area contributed by atoms with Crippen LogP contribution in [0.1, 0.15) is 50.6 Å². The molecule has 0 radical (unpaired) electrons. The van der Waals surface area contributed by atoms with Crippen LogP contribution in [0.3, 0.4) is 0 Å². The molecule has 1 aromatic heterocycles. The summed E-state index contributed by atoms with van der Waals surface area (Å²) in [5.74, 6) is 0.271. The van der Waals surface area contributed by atoms with Gasteiger partial charge >= 0.3 is 0 Å². The van der Waals surface area contributed by atoms with E-state index in [-0.39, 0.29) is 11.5 Å². The second-order valence-corrected chi connectivity index (χ2v) is 7.64. The molecule has 5 nitrogen and oxygen atoms in total. The summed E-state index contributed by atoms with van der Waals surface area (Å²) >= 11 is 0. The van der Waals surface area contributed by atoms with Gasteiger partial charge in [-0.2, -0.15) is 5.26 Å². The van der Waals surface area contributed by atoms with E-state index in [0.29, 0.717) is 18.5 Å². The van der Waals surface area contributed by atoms with Crippen molar-refractivity contribution in [3.8, 4) is 6.07 Å². The molecule has 26 heavy (non-hydrogen) atoms. The van der Waals surface area contributed by atoms with Crippen LogP contribution < -0.4 is 5.32 Å². The first-order chi connectivity index (χ1) is 12.4. The van der Waals surface area contributed by atoms with E-state index in [1.54, 1.807) is 6.08 Å². The number of carbonyl (C=O) groups is 1. The Morgan fingerprint density at radius 2 is 2.19 bits per heavy atom. The number of likely N-dealkylation sites (tertiary alicyclic amines) is 1. The number of rotatable bonds is 7. The standard InChI is InChI=1S/C21H32N4O/c1-6-24-9-7-8-20(24)13-23-21(26)19(12-22)11-18-10-16(4)25(17(18)5)14-15(2)3/h10-11,15,20H,6-9,13-14H2,1-5H3,(H,23,26)/b19-11+. The molecular weight excluding hydrogens is 324 g/mol. The van der Waals surface area contributed by atoms with Crippen LogP contribution in [0.4, 0.5) is 0 Å². The van der Waals surface area contributed by atoms with Crippen LogP contribution in [0.2, 0.25) is 0 Å². The van der Waals surface area contributed by atoms with Crippen molar-refractivity contribution in [2.45, 2.75) is 60.0 Å². The minimum Gasteiger partial charge on any atom is -0.350 e. The monoisotopic (exact) mass is 356 g/mol. The van der Waals surface area contributed by atoms with Gasteiger partial charge in [-0.3, -0.25) is 9.69 Å². The first-order valence-corrected chi connectivity index (χ1v) is 9.68. The van der Waals surface area contributed by atoms with E-state index < -0.39 is 0 Å². The summed E-state index contributed by atoms with van der Waals surface area (Å²) in [6.45, 7) is 14.3. The van der Waals surface area contributed by atoms with Gasteiger partial charge in [-0.1, -0.05) is 20.8 Å². The first kappa shape index (κ1) is 20.3. The third-order valence-electron chi connectivity index (χ3n) is 5.23. The van der Waals surface area contributed by atoms with Crippen LogP contribution in [0, 0.1) is 31.1 Å². The number of nitriles is 1. The van der Waals surface area contributed by atoms with Crippen LogP contribution >= 0.6 is 0 Å². The van der Waals surface area contributed by atoms with Crippen molar-refractivity contribution in [1.82, 2.24) is 14.8 Å². The number of aromatic nitrogens is 1. The van der Waals surface area contributed by atoms with E-state index in [1.807, 2.05) is 6.92 Å². The van der Waals surface area contributed by atoms with Gasteiger partial charge in [0.1, 0.15) is 11.6 Å². The molecule has 0 spiro atoms. The normalized spacial score (nSPS) is 18.3. The fourth-order valence-electron chi connectivity index (χ4n) is 3.77. The van der Waals surface area contributed by atoms with Crippen molar-refractivity contribution in [3.63, 3.8) is 0 Å². The van der Waals surface area contributed by atoms with Gasteiger partial charge in [-0.15, -0.1) is 0 Å². The van der Waals surface area contributed by atoms with E-state index in [9.17, 15) is 10.1 Å². The van der Waals surface area contributed by atoms with Crippen molar-refractivity contribution in [1.29, 1.82) is 5.26 Å². The minimum atomic E-state index is -0.274. The van der Waals surface area contributed by atoms with Gasteiger partial charge in [0, 0.05) is 30.5 Å². The van der Waals surface area contributed by atoms with Crippen LogP contribution in [0.5, 0.6) is 0 Å². The van der Waals surface area contributed by atoms with Gasteiger partial charge in [-0.05, 0) is 63.4 Å². The molecule has 2 heterocycles. The van der Waals surface area contributed by atoms with Crippen molar-refractivity contribution in [3.05, 3.63) is 28.6 Å². The molecule has 0 aromatic carbocycles. The Balaban J connectivity index is 2.10. The summed E-state index contributed by atoms with van der Waals surface area (Å²) in [6.07, 6.45) is 4.01. The highest BCUT2D eigenvalue weighted by Crippen LogP contribution is 2.20. The molecule has 5 heteroatoms. The number of hydrogen-bond acceptors (Lipinski definition) is 3. The zero-order valence-electron chi connectivity index (χ0n) is 16.8. The molecule has 1 atom stereocenters. The second-order valence-electron chi connectivity index (χ2n) is 7.64. The summed E-state index contributed by atoms with van der Waals surface area (Å²) in [4.78, 5) is 14.9. The fraction of sp³-hybridized carbons (Fsp3) is 0.619. The summed E-state index contributed by atoms with van der Waals surface area (Å²) in [5.41, 5.74) is 3.39. The van der Waals surface area contributed by atoms with Crippen molar-refractivity contribution < 1.29 is 4.79 Å². The maximum absolute atomic E-state index is 12.5. The van der Waals surface area contributed by atoms with Gasteiger partial charge in [0.05, 0.1) is 0 Å². The third-order valence-corrected chi connectivity index (χ3v) is 5.23. The van der Waals surface area contributed by atoms with E-state index in [1.165, 1.54) is 6.42 Å². The highest BCUT2D eigenvalue weighted by Gasteiger charge is 2.23. The number of hydrogen-bond donors (Lipinski definition) is 1. The summed E-state index contributed by atoms with van der Waals surface area (Å²) in [5, 5.41) is 12.4. The topological polar surface area (TPSA) is 61.1 Å². The fourth-order valence-corrected chi connectivity index (χ4v) is 3.77. The van der Waals surface area contributed by atoms with Gasteiger partial charge in [0.2, 0.25) is 0 Å². The predicted molar refractivity (Wildman–Crippen MR) is 106 cm³/mol. The minimum absolute atomic E-state index is 0.177. The maximum Gasteiger partial charge on any atom is 0.262 e. The Labute approximate surface area is 157 Å². The average molecular weight is 357 g/mol. The third kappa shape index (κ3) is 4.76.